The minimum absolute atomic E-state index is 0.102. The first-order valence-electron chi connectivity index (χ1n) is 2.26. The maximum Gasteiger partial charge on any atom is 0.432 e. The van der Waals surface area contributed by atoms with Gasteiger partial charge in [-0.05, 0) is 0 Å². The summed E-state index contributed by atoms with van der Waals surface area (Å²) in [6.07, 6.45) is 0.994. The van der Waals surface area contributed by atoms with E-state index in [0.717, 1.165) is 0 Å². The molecule has 0 atom stereocenters. The summed E-state index contributed by atoms with van der Waals surface area (Å²) in [5, 5.41) is 0. The molecule has 1 radical (unpaired) electrons. The fourth-order valence-electron chi connectivity index (χ4n) is 0.467. The molecule has 0 N–H and O–H groups in total. The van der Waals surface area contributed by atoms with Crippen molar-refractivity contribution in [3.05, 3.63) is 0 Å². The Labute approximate surface area is 52.0 Å². The molecular formula is C4H2BN2O2. The zero-order valence-electron chi connectivity index (χ0n) is 4.44. The van der Waals surface area contributed by atoms with Crippen LogP contribution in [0.5, 0.6) is 0 Å². The Bertz CT molecular complexity index is 187. The van der Waals surface area contributed by atoms with E-state index in [1.165, 1.54) is 7.55 Å². The summed E-state index contributed by atoms with van der Waals surface area (Å²) in [5.41, 5.74) is 0.204. The summed E-state index contributed by atoms with van der Waals surface area (Å²) >= 11 is 0. The van der Waals surface area contributed by atoms with E-state index in [0.29, 0.717) is 12.6 Å². The summed E-state index contributed by atoms with van der Waals surface area (Å²) < 4.78 is 0. The van der Waals surface area contributed by atoms with E-state index in [4.69, 9.17) is 0 Å². The molecule has 1 rings (SSSR count). The second kappa shape index (κ2) is 2.34. The molecule has 0 aromatic heterocycles. The summed E-state index contributed by atoms with van der Waals surface area (Å²) in [6, 6.07) is 0. The average molecular weight is 121 g/mol. The van der Waals surface area contributed by atoms with Crippen molar-refractivity contribution in [3.63, 3.8) is 0 Å². The summed E-state index contributed by atoms with van der Waals surface area (Å²) in [5.74, 6) is 0. The molecule has 0 aromatic rings. The van der Waals surface area contributed by atoms with E-state index < -0.39 is 0 Å². The molecule has 0 aliphatic carbocycles. The molecule has 0 unspecified atom stereocenters. The van der Waals surface area contributed by atoms with E-state index in [2.05, 4.69) is 9.81 Å². The van der Waals surface area contributed by atoms with Crippen LogP contribution in [0.3, 0.4) is 0 Å². The standard InChI is InChI=1S/C4H2BN2O2/c8-1-3-4(2-9)7-5-6-3/h1-2H. The monoisotopic (exact) mass is 121 g/mol. The lowest BCUT2D eigenvalue weighted by Crippen LogP contribution is -2.12. The highest BCUT2D eigenvalue weighted by Gasteiger charge is 2.11. The molecular weight excluding hydrogens is 119 g/mol. The number of carbonyl (C=O) groups is 2. The molecule has 1 aliphatic rings. The van der Waals surface area contributed by atoms with Crippen LogP contribution < -0.4 is 0 Å². The first-order chi connectivity index (χ1) is 4.38. The third-order valence-electron chi connectivity index (χ3n) is 0.879. The number of carbonyl (C=O) groups excluding carboxylic acids is 2. The zero-order valence-corrected chi connectivity index (χ0v) is 4.44. The first-order valence-corrected chi connectivity index (χ1v) is 2.26. The highest BCUT2D eigenvalue weighted by atomic mass is 16.1. The van der Waals surface area contributed by atoms with Gasteiger partial charge in [-0.2, -0.15) is 0 Å². The molecule has 5 heteroatoms. The lowest BCUT2D eigenvalue weighted by Gasteiger charge is -1.82. The van der Waals surface area contributed by atoms with Gasteiger partial charge in [-0.3, -0.25) is 9.59 Å². The predicted octanol–water partition coefficient (Wildman–Crippen LogP) is -1.19. The largest absolute Gasteiger partial charge is 0.432 e. The third kappa shape index (κ3) is 0.935. The van der Waals surface area contributed by atoms with Crippen molar-refractivity contribution in [2.24, 2.45) is 9.81 Å². The molecule has 1 heterocycles. The summed E-state index contributed by atoms with van der Waals surface area (Å²) in [6.45, 7) is 0. The predicted molar refractivity (Wildman–Crippen MR) is 32.8 cm³/mol. The third-order valence-corrected chi connectivity index (χ3v) is 0.879. The molecule has 1 aliphatic heterocycles. The van der Waals surface area contributed by atoms with Gasteiger partial charge in [0.2, 0.25) is 0 Å². The van der Waals surface area contributed by atoms with Gasteiger partial charge in [-0.1, -0.05) is 0 Å². The minimum atomic E-state index is 0.102. The van der Waals surface area contributed by atoms with Crippen LogP contribution in [0, 0.1) is 0 Å². The van der Waals surface area contributed by atoms with E-state index in [-0.39, 0.29) is 11.4 Å². The number of nitrogens with zero attached hydrogens (tertiary/aromatic N) is 2. The van der Waals surface area contributed by atoms with Crippen molar-refractivity contribution in [2.45, 2.75) is 0 Å². The second-order valence-electron chi connectivity index (χ2n) is 1.38. The van der Waals surface area contributed by atoms with Crippen LogP contribution in [0.25, 0.3) is 0 Å². The molecule has 0 amide bonds. The van der Waals surface area contributed by atoms with E-state index in [1.807, 2.05) is 0 Å². The Morgan fingerprint density at radius 3 is 1.89 bits per heavy atom. The van der Waals surface area contributed by atoms with Gasteiger partial charge in [-0.25, -0.2) is 0 Å². The van der Waals surface area contributed by atoms with Crippen molar-refractivity contribution in [3.8, 4) is 0 Å². The van der Waals surface area contributed by atoms with Gasteiger partial charge in [0, 0.05) is 0 Å². The number of hydrogen-bond donors (Lipinski definition) is 0. The molecule has 0 aromatic carbocycles. The van der Waals surface area contributed by atoms with Gasteiger partial charge in [0.25, 0.3) is 0 Å². The smallest absolute Gasteiger partial charge is 0.312 e. The number of aldehydes is 2. The Hall–Kier alpha value is -1.26. The molecule has 0 fully saturated rings. The highest BCUT2D eigenvalue weighted by molar-refractivity contribution is 6.80. The van der Waals surface area contributed by atoms with Crippen LogP contribution >= 0.6 is 0 Å². The molecule has 43 valence electrons. The Balaban J connectivity index is 2.85. The van der Waals surface area contributed by atoms with Gasteiger partial charge < -0.3 is 9.81 Å². The number of hydrogen-bond acceptors (Lipinski definition) is 4. The molecule has 0 saturated carbocycles. The van der Waals surface area contributed by atoms with Gasteiger partial charge in [0.1, 0.15) is 11.4 Å². The van der Waals surface area contributed by atoms with Crippen molar-refractivity contribution >= 4 is 31.5 Å². The maximum atomic E-state index is 9.99. The fourth-order valence-corrected chi connectivity index (χ4v) is 0.467. The Morgan fingerprint density at radius 2 is 1.56 bits per heavy atom. The SMILES string of the molecule is O=CC1=N[B]N=C1C=O. The maximum absolute atomic E-state index is 9.99. The van der Waals surface area contributed by atoms with Gasteiger partial charge in [0.05, 0.1) is 0 Å². The van der Waals surface area contributed by atoms with E-state index >= 15 is 0 Å². The van der Waals surface area contributed by atoms with Gasteiger partial charge >= 0.3 is 7.55 Å². The summed E-state index contributed by atoms with van der Waals surface area (Å²) in [4.78, 5) is 27.0. The average Bonchev–Trinajstić information content (AvgIpc) is 2.33. The topological polar surface area (TPSA) is 58.9 Å². The normalized spacial score (nSPS) is 15.6. The van der Waals surface area contributed by atoms with E-state index in [9.17, 15) is 9.59 Å². The van der Waals surface area contributed by atoms with Crippen LogP contribution in [0.15, 0.2) is 9.81 Å². The molecule has 0 bridgehead atoms. The quantitative estimate of drug-likeness (QED) is 0.340. The lowest BCUT2D eigenvalue weighted by atomic mass is 10.2. The highest BCUT2D eigenvalue weighted by Crippen LogP contribution is 1.88. The molecule has 9 heavy (non-hydrogen) atoms. The van der Waals surface area contributed by atoms with Crippen LogP contribution in [-0.4, -0.2) is 31.5 Å². The van der Waals surface area contributed by atoms with Crippen LogP contribution in [-0.2, 0) is 9.59 Å². The van der Waals surface area contributed by atoms with Gasteiger partial charge in [0.15, 0.2) is 12.6 Å². The van der Waals surface area contributed by atoms with Gasteiger partial charge in [-0.15, -0.1) is 0 Å². The van der Waals surface area contributed by atoms with Crippen LogP contribution in [0.4, 0.5) is 0 Å². The fraction of sp³-hybridized carbons (Fsp3) is 0. The van der Waals surface area contributed by atoms with Crippen LogP contribution in [0.2, 0.25) is 0 Å². The zero-order chi connectivity index (χ0) is 6.69. The minimum Gasteiger partial charge on any atom is -0.312 e. The lowest BCUT2D eigenvalue weighted by molar-refractivity contribution is -0.104. The number of rotatable bonds is 2. The Morgan fingerprint density at radius 1 is 1.11 bits per heavy atom. The van der Waals surface area contributed by atoms with Crippen molar-refractivity contribution in [1.29, 1.82) is 0 Å². The van der Waals surface area contributed by atoms with Crippen LogP contribution in [0.1, 0.15) is 0 Å². The second-order valence-corrected chi connectivity index (χ2v) is 1.38. The van der Waals surface area contributed by atoms with Crippen molar-refractivity contribution in [2.75, 3.05) is 0 Å². The van der Waals surface area contributed by atoms with Crippen molar-refractivity contribution in [1.82, 2.24) is 0 Å². The molecule has 0 saturated heterocycles. The summed E-state index contributed by atoms with van der Waals surface area (Å²) in [7, 11) is 1.17. The molecule has 0 spiro atoms. The van der Waals surface area contributed by atoms with Crippen molar-refractivity contribution < 1.29 is 9.59 Å². The first kappa shape index (κ1) is 5.87. The van der Waals surface area contributed by atoms with E-state index in [1.54, 1.807) is 0 Å². The Kier molecular flexibility index (Phi) is 1.53. The molecule has 4 nitrogen and oxygen atoms in total.